The second-order valence-electron chi connectivity index (χ2n) is 7.60. The van der Waals surface area contributed by atoms with Crippen LogP contribution in [0.3, 0.4) is 0 Å². The molecule has 0 fully saturated rings. The van der Waals surface area contributed by atoms with Crippen LogP contribution in [0.4, 0.5) is 5.69 Å². The molecule has 0 radical (unpaired) electrons. The number of ether oxygens (including phenoxy) is 2. The van der Waals surface area contributed by atoms with Gasteiger partial charge in [-0.3, -0.25) is 10.1 Å². The molecule has 2 rings (SSSR count). The summed E-state index contributed by atoms with van der Waals surface area (Å²) < 4.78 is 10.6. The van der Waals surface area contributed by atoms with E-state index in [-0.39, 0.29) is 42.5 Å². The van der Waals surface area contributed by atoms with Gasteiger partial charge in [0, 0.05) is 17.8 Å². The normalized spacial score (nSPS) is 15.3. The van der Waals surface area contributed by atoms with Gasteiger partial charge < -0.3 is 25.4 Å². The van der Waals surface area contributed by atoms with Crippen LogP contribution in [0, 0.1) is 20.2 Å². The summed E-state index contributed by atoms with van der Waals surface area (Å²) >= 11 is 0. The summed E-state index contributed by atoms with van der Waals surface area (Å²) in [6, 6.07) is 5.58. The maximum Gasteiger partial charge on any atom is 0.338 e. The number of nitro groups is 1. The Morgan fingerprint density at radius 2 is 1.69 bits per heavy atom. The zero-order chi connectivity index (χ0) is 26.0. The highest BCUT2D eigenvalue weighted by Gasteiger charge is 2.39. The van der Waals surface area contributed by atoms with Gasteiger partial charge in [0.15, 0.2) is 0 Å². The number of nitrogens with two attached hydrogens (primary N) is 1. The average molecular weight is 492 g/mol. The number of hydrogen-bond acceptors (Lipinski definition) is 11. The van der Waals surface area contributed by atoms with Crippen molar-refractivity contribution in [3.63, 3.8) is 0 Å². The largest absolute Gasteiger partial charge is 0.463 e. The number of benzene rings is 1. The maximum absolute atomic E-state index is 13.1. The molecular weight excluding hydrogens is 464 g/mol. The lowest BCUT2D eigenvalue weighted by atomic mass is 9.81. The number of nitro benzene ring substituents is 1. The summed E-state index contributed by atoms with van der Waals surface area (Å²) in [4.78, 5) is 51.0. The molecule has 1 unspecified atom stereocenters. The highest BCUT2D eigenvalue weighted by atomic mass is 16.9. The highest BCUT2D eigenvalue weighted by molar-refractivity contribution is 5.99. The molecule has 1 aromatic carbocycles. The molecule has 1 aromatic rings. The number of esters is 2. The van der Waals surface area contributed by atoms with E-state index in [9.17, 15) is 29.8 Å². The predicted octanol–water partition coefficient (Wildman–Crippen LogP) is 2.60. The number of allylic oxidation sites excluding steroid dienone is 1. The highest BCUT2D eigenvalue weighted by Crippen LogP contribution is 2.39. The fourth-order valence-corrected chi connectivity index (χ4v) is 3.65. The minimum Gasteiger partial charge on any atom is -0.463 e. The number of carbonyl (C=O) groups is 2. The topological polar surface area (TPSA) is 186 Å². The van der Waals surface area contributed by atoms with Crippen LogP contribution in [0.1, 0.15) is 51.0 Å². The van der Waals surface area contributed by atoms with Crippen molar-refractivity contribution in [3.8, 4) is 0 Å². The lowest BCUT2D eigenvalue weighted by Gasteiger charge is -2.29. The minimum atomic E-state index is -1.04. The van der Waals surface area contributed by atoms with E-state index in [1.54, 1.807) is 19.9 Å². The first-order valence-corrected chi connectivity index (χ1v) is 11.0. The Hall–Kier alpha value is -4.16. The van der Waals surface area contributed by atoms with Crippen LogP contribution in [-0.2, 0) is 23.9 Å². The minimum absolute atomic E-state index is 0.000175. The Labute approximate surface area is 201 Å². The molecule has 1 atom stereocenters. The van der Waals surface area contributed by atoms with E-state index in [0.29, 0.717) is 36.9 Å². The molecule has 1 aliphatic rings. The average Bonchev–Trinajstić information content (AvgIpc) is 2.80. The van der Waals surface area contributed by atoms with Crippen molar-refractivity contribution in [3.05, 3.63) is 72.7 Å². The first kappa shape index (κ1) is 27.1. The van der Waals surface area contributed by atoms with Crippen LogP contribution in [0.25, 0.3) is 0 Å². The molecule has 0 aliphatic carbocycles. The van der Waals surface area contributed by atoms with E-state index >= 15 is 0 Å². The summed E-state index contributed by atoms with van der Waals surface area (Å²) in [5.41, 5.74) is 6.56. The van der Waals surface area contributed by atoms with E-state index in [2.05, 4.69) is 10.2 Å². The molecular formula is C22H28N4O9. The first-order chi connectivity index (χ1) is 16.7. The number of nitrogens with one attached hydrogen (secondary N) is 1. The third kappa shape index (κ3) is 7.42. The zero-order valence-electron chi connectivity index (χ0n) is 19.5. The predicted molar refractivity (Wildman–Crippen MR) is 122 cm³/mol. The number of carbonyl (C=O) groups excluding carboxylic acids is 2. The molecule has 0 saturated heterocycles. The molecule has 0 bridgehead atoms. The van der Waals surface area contributed by atoms with Crippen LogP contribution >= 0.6 is 0 Å². The van der Waals surface area contributed by atoms with E-state index in [1.165, 1.54) is 18.2 Å². The molecule has 0 saturated carbocycles. The van der Waals surface area contributed by atoms with Crippen molar-refractivity contribution in [1.82, 2.24) is 5.32 Å². The Morgan fingerprint density at radius 1 is 1.03 bits per heavy atom. The van der Waals surface area contributed by atoms with Crippen molar-refractivity contribution in [2.45, 2.75) is 45.4 Å². The molecule has 0 spiro atoms. The molecule has 13 heteroatoms. The van der Waals surface area contributed by atoms with Gasteiger partial charge in [0.05, 0.1) is 41.8 Å². The Bertz CT molecular complexity index is 1040. The van der Waals surface area contributed by atoms with Crippen LogP contribution in [-0.4, -0.2) is 41.8 Å². The van der Waals surface area contributed by atoms with Crippen LogP contribution in [0.2, 0.25) is 0 Å². The van der Waals surface area contributed by atoms with E-state index in [4.69, 9.17) is 15.2 Å². The van der Waals surface area contributed by atoms with Crippen molar-refractivity contribution < 1.29 is 33.9 Å². The number of non-ortho nitro benzene ring substituents is 1. The molecule has 3 N–H and O–H groups in total. The van der Waals surface area contributed by atoms with E-state index in [0.717, 1.165) is 0 Å². The molecule has 1 aliphatic heterocycles. The second kappa shape index (κ2) is 12.9. The van der Waals surface area contributed by atoms with Crippen molar-refractivity contribution in [2.24, 2.45) is 5.73 Å². The molecule has 13 nitrogen and oxygen atoms in total. The summed E-state index contributed by atoms with van der Waals surface area (Å²) in [5.74, 6) is -2.53. The Morgan fingerprint density at radius 3 is 2.31 bits per heavy atom. The standard InChI is InChI=1S/C22H28N4O9/c1-3-33-22(28)19-18(15-9-8-10-16(13-15)25(29)30)17(14(2)24-20(19)23)21(27)34-11-6-4-5-7-12-35-26(31)32/h8-10,13,18,24H,3-7,11-12,23H2,1-2H3. The molecule has 190 valence electrons. The molecule has 35 heavy (non-hydrogen) atoms. The molecule has 0 aromatic heterocycles. The quantitative estimate of drug-likeness (QED) is 0.178. The van der Waals surface area contributed by atoms with Gasteiger partial charge in [-0.2, -0.15) is 0 Å². The molecule has 0 amide bonds. The van der Waals surface area contributed by atoms with E-state index < -0.39 is 27.9 Å². The fraction of sp³-hybridized carbons (Fsp3) is 0.455. The van der Waals surface area contributed by atoms with Crippen LogP contribution < -0.4 is 11.1 Å². The van der Waals surface area contributed by atoms with Gasteiger partial charge in [-0.05, 0) is 38.7 Å². The SMILES string of the molecule is CCOC(=O)C1=C(N)NC(C)=C(C(=O)OCCCCCCO[N+](=O)[O-])C1c1cccc([N+](=O)[O-])c1. The van der Waals surface area contributed by atoms with Gasteiger partial charge in [0.1, 0.15) is 5.82 Å². The number of rotatable bonds is 13. The Kier molecular flexibility index (Phi) is 9.99. The van der Waals surface area contributed by atoms with Crippen molar-refractivity contribution in [2.75, 3.05) is 19.8 Å². The van der Waals surface area contributed by atoms with Crippen LogP contribution in [0.5, 0.6) is 0 Å². The second-order valence-corrected chi connectivity index (χ2v) is 7.60. The van der Waals surface area contributed by atoms with Gasteiger partial charge in [-0.1, -0.05) is 18.6 Å². The summed E-state index contributed by atoms with van der Waals surface area (Å²) in [7, 11) is 0. The van der Waals surface area contributed by atoms with Crippen molar-refractivity contribution in [1.29, 1.82) is 0 Å². The van der Waals surface area contributed by atoms with Gasteiger partial charge in [-0.15, -0.1) is 10.1 Å². The van der Waals surface area contributed by atoms with E-state index in [1.807, 2.05) is 0 Å². The first-order valence-electron chi connectivity index (χ1n) is 11.0. The van der Waals surface area contributed by atoms with Crippen molar-refractivity contribution >= 4 is 17.6 Å². The number of unbranched alkanes of at least 4 members (excludes halogenated alkanes) is 3. The summed E-state index contributed by atoms with van der Waals surface area (Å²) in [6.45, 7) is 3.34. The van der Waals surface area contributed by atoms with Gasteiger partial charge >= 0.3 is 11.9 Å². The lowest BCUT2D eigenvalue weighted by Crippen LogP contribution is -2.36. The summed E-state index contributed by atoms with van der Waals surface area (Å²) in [5, 5.41) is 23.4. The van der Waals surface area contributed by atoms with Gasteiger partial charge in [0.2, 0.25) is 0 Å². The molecule has 1 heterocycles. The zero-order valence-corrected chi connectivity index (χ0v) is 19.5. The number of dihydropyridines is 1. The summed E-state index contributed by atoms with van der Waals surface area (Å²) in [6.07, 6.45) is 2.30. The third-order valence-electron chi connectivity index (χ3n) is 5.19. The van der Waals surface area contributed by atoms with Gasteiger partial charge in [-0.25, -0.2) is 9.59 Å². The fourth-order valence-electron chi connectivity index (χ4n) is 3.65. The number of nitrogens with zero attached hydrogens (tertiary/aromatic N) is 2. The van der Waals surface area contributed by atoms with Gasteiger partial charge in [0.25, 0.3) is 10.8 Å². The Balaban J connectivity index is 2.22. The maximum atomic E-state index is 13.1. The third-order valence-corrected chi connectivity index (χ3v) is 5.19. The lowest BCUT2D eigenvalue weighted by molar-refractivity contribution is -0.757. The van der Waals surface area contributed by atoms with Crippen LogP contribution in [0.15, 0.2) is 46.9 Å². The smallest absolute Gasteiger partial charge is 0.338 e. The number of hydrogen-bond donors (Lipinski definition) is 2. The monoisotopic (exact) mass is 492 g/mol.